The Morgan fingerprint density at radius 1 is 1.44 bits per heavy atom. The maximum atomic E-state index is 10.7. The molecule has 3 nitrogen and oxygen atoms in total. The first-order valence-corrected chi connectivity index (χ1v) is 3.21. The second-order valence-electron chi connectivity index (χ2n) is 2.38. The number of hydrazine groups is 1. The van der Waals surface area contributed by atoms with Crippen LogP contribution in [0.2, 0.25) is 0 Å². The Morgan fingerprint density at radius 2 is 2.11 bits per heavy atom. The van der Waals surface area contributed by atoms with E-state index in [0.29, 0.717) is 0 Å². The van der Waals surface area contributed by atoms with Crippen molar-refractivity contribution in [2.24, 2.45) is 0 Å². The van der Waals surface area contributed by atoms with Crippen molar-refractivity contribution in [2.45, 2.75) is 13.3 Å². The minimum absolute atomic E-state index is 0.148. The largest absolute Gasteiger partial charge is 0.276 e. The van der Waals surface area contributed by atoms with Crippen LogP contribution in [0.5, 0.6) is 0 Å². The van der Waals surface area contributed by atoms with Crippen LogP contribution < -0.4 is 0 Å². The summed E-state index contributed by atoms with van der Waals surface area (Å²) in [6, 6.07) is 0. The van der Waals surface area contributed by atoms with Gasteiger partial charge in [-0.05, 0) is 6.42 Å². The summed E-state index contributed by atoms with van der Waals surface area (Å²) in [5, 5.41) is 3.72. The molecule has 0 bridgehead atoms. The molecule has 1 rings (SSSR count). The summed E-state index contributed by atoms with van der Waals surface area (Å²) in [5.74, 6) is 0.148. The van der Waals surface area contributed by atoms with Gasteiger partial charge in [0.1, 0.15) is 0 Å². The highest BCUT2D eigenvalue weighted by molar-refractivity contribution is 5.72. The Balaban J connectivity index is 2.49. The topological polar surface area (TPSA) is 23.6 Å². The van der Waals surface area contributed by atoms with E-state index in [-0.39, 0.29) is 5.91 Å². The van der Waals surface area contributed by atoms with Gasteiger partial charge in [-0.3, -0.25) is 9.80 Å². The highest BCUT2D eigenvalue weighted by Crippen LogP contribution is 2.06. The molecule has 0 aromatic carbocycles. The Kier molecular flexibility index (Phi) is 1.71. The minimum atomic E-state index is 0.148. The second kappa shape index (κ2) is 2.35. The highest BCUT2D eigenvalue weighted by Gasteiger charge is 2.19. The number of carbonyl (C=O) groups excluding carboxylic acids is 1. The fourth-order valence-electron chi connectivity index (χ4n) is 1.14. The summed E-state index contributed by atoms with van der Waals surface area (Å²) < 4.78 is 0. The number of hydrogen-bond donors (Lipinski definition) is 0. The number of carbonyl (C=O) groups is 1. The fraction of sp³-hybridized carbons (Fsp3) is 0.833. The molecule has 0 atom stereocenters. The van der Waals surface area contributed by atoms with Crippen molar-refractivity contribution >= 4 is 5.91 Å². The third kappa shape index (κ3) is 1.21. The molecule has 1 amide bonds. The van der Waals surface area contributed by atoms with Crippen molar-refractivity contribution < 1.29 is 4.79 Å². The zero-order valence-electron chi connectivity index (χ0n) is 5.92. The van der Waals surface area contributed by atoms with Gasteiger partial charge in [0.2, 0.25) is 5.91 Å². The molecule has 1 aliphatic heterocycles. The van der Waals surface area contributed by atoms with Crippen LogP contribution in [-0.2, 0) is 4.79 Å². The monoisotopic (exact) mass is 128 g/mol. The maximum absolute atomic E-state index is 10.7. The number of hydrogen-bond acceptors (Lipinski definition) is 2. The molecular formula is C6H12N2O. The standard InChI is InChI=1S/C6H12N2O/c1-6(9)8-5-3-4-7(8)2/h3-5H2,1-2H3. The summed E-state index contributed by atoms with van der Waals surface area (Å²) in [6.45, 7) is 3.51. The van der Waals surface area contributed by atoms with Crippen LogP contribution in [0, 0.1) is 0 Å². The Hall–Kier alpha value is -0.570. The molecule has 0 unspecified atom stereocenters. The predicted molar refractivity (Wildman–Crippen MR) is 34.6 cm³/mol. The Bertz CT molecular complexity index is 124. The zero-order valence-corrected chi connectivity index (χ0v) is 5.92. The van der Waals surface area contributed by atoms with Gasteiger partial charge in [0, 0.05) is 27.1 Å². The second-order valence-corrected chi connectivity index (χ2v) is 2.38. The lowest BCUT2D eigenvalue weighted by molar-refractivity contribution is -0.139. The normalized spacial score (nSPS) is 20.9. The molecule has 52 valence electrons. The molecular weight excluding hydrogens is 116 g/mol. The van der Waals surface area contributed by atoms with Crippen LogP contribution in [0.25, 0.3) is 0 Å². The molecule has 1 heterocycles. The van der Waals surface area contributed by atoms with Crippen molar-refractivity contribution in [3.05, 3.63) is 0 Å². The molecule has 9 heavy (non-hydrogen) atoms. The van der Waals surface area contributed by atoms with E-state index >= 15 is 0 Å². The average molecular weight is 128 g/mol. The smallest absolute Gasteiger partial charge is 0.233 e. The zero-order chi connectivity index (χ0) is 6.85. The van der Waals surface area contributed by atoms with Crippen LogP contribution in [0.1, 0.15) is 13.3 Å². The van der Waals surface area contributed by atoms with E-state index in [9.17, 15) is 4.79 Å². The lowest BCUT2D eigenvalue weighted by Gasteiger charge is -2.21. The SMILES string of the molecule is CC(=O)N1CCCN1C. The van der Waals surface area contributed by atoms with Crippen LogP contribution in [0.15, 0.2) is 0 Å². The number of amides is 1. The van der Waals surface area contributed by atoms with Gasteiger partial charge in [0.05, 0.1) is 0 Å². The highest BCUT2D eigenvalue weighted by atomic mass is 16.2. The third-order valence-electron chi connectivity index (χ3n) is 1.63. The summed E-state index contributed by atoms with van der Waals surface area (Å²) in [6.07, 6.45) is 1.11. The van der Waals surface area contributed by atoms with Crippen molar-refractivity contribution in [1.29, 1.82) is 0 Å². The maximum Gasteiger partial charge on any atom is 0.233 e. The molecule has 0 radical (unpaired) electrons. The molecule has 1 aliphatic rings. The third-order valence-corrected chi connectivity index (χ3v) is 1.63. The molecule has 0 aromatic heterocycles. The first-order chi connectivity index (χ1) is 4.22. The number of rotatable bonds is 0. The van der Waals surface area contributed by atoms with Gasteiger partial charge in [-0.1, -0.05) is 0 Å². The average Bonchev–Trinajstić information content (AvgIpc) is 2.13. The van der Waals surface area contributed by atoms with Crippen LogP contribution >= 0.6 is 0 Å². The van der Waals surface area contributed by atoms with Crippen molar-refractivity contribution in [1.82, 2.24) is 10.0 Å². The summed E-state index contributed by atoms with van der Waals surface area (Å²) in [4.78, 5) is 10.7. The van der Waals surface area contributed by atoms with Crippen molar-refractivity contribution in [3.8, 4) is 0 Å². The minimum Gasteiger partial charge on any atom is -0.276 e. The summed E-state index contributed by atoms with van der Waals surface area (Å²) in [5.41, 5.74) is 0. The molecule has 0 N–H and O–H groups in total. The summed E-state index contributed by atoms with van der Waals surface area (Å²) in [7, 11) is 1.94. The van der Waals surface area contributed by atoms with Crippen LogP contribution in [0.4, 0.5) is 0 Å². The Morgan fingerprint density at radius 3 is 2.33 bits per heavy atom. The molecule has 1 saturated heterocycles. The van der Waals surface area contributed by atoms with Crippen molar-refractivity contribution in [2.75, 3.05) is 20.1 Å². The lowest BCUT2D eigenvalue weighted by Crippen LogP contribution is -2.36. The van der Waals surface area contributed by atoms with Gasteiger partial charge >= 0.3 is 0 Å². The van der Waals surface area contributed by atoms with Crippen LogP contribution in [0.3, 0.4) is 0 Å². The molecule has 0 aromatic rings. The fourth-order valence-corrected chi connectivity index (χ4v) is 1.14. The van der Waals surface area contributed by atoms with Gasteiger partial charge in [-0.15, -0.1) is 0 Å². The van der Waals surface area contributed by atoms with Gasteiger partial charge in [-0.2, -0.15) is 0 Å². The first-order valence-electron chi connectivity index (χ1n) is 3.21. The van der Waals surface area contributed by atoms with Gasteiger partial charge in [0.15, 0.2) is 0 Å². The van der Waals surface area contributed by atoms with E-state index < -0.39 is 0 Å². The molecule has 0 spiro atoms. The van der Waals surface area contributed by atoms with E-state index in [1.807, 2.05) is 12.1 Å². The van der Waals surface area contributed by atoms with E-state index in [4.69, 9.17) is 0 Å². The summed E-state index contributed by atoms with van der Waals surface area (Å²) >= 11 is 0. The number of nitrogens with zero attached hydrogens (tertiary/aromatic N) is 2. The molecule has 1 fully saturated rings. The predicted octanol–water partition coefficient (Wildman–Crippen LogP) is 0.0854. The molecule has 0 aliphatic carbocycles. The van der Waals surface area contributed by atoms with E-state index in [1.165, 1.54) is 0 Å². The quantitative estimate of drug-likeness (QED) is 0.461. The van der Waals surface area contributed by atoms with Crippen LogP contribution in [-0.4, -0.2) is 36.1 Å². The lowest BCUT2D eigenvalue weighted by atomic mass is 10.4. The van der Waals surface area contributed by atoms with Gasteiger partial charge < -0.3 is 0 Å². The van der Waals surface area contributed by atoms with E-state index in [2.05, 4.69) is 0 Å². The van der Waals surface area contributed by atoms with E-state index in [1.54, 1.807) is 11.9 Å². The van der Waals surface area contributed by atoms with Crippen molar-refractivity contribution in [3.63, 3.8) is 0 Å². The Labute approximate surface area is 55.2 Å². The van der Waals surface area contributed by atoms with Gasteiger partial charge in [0.25, 0.3) is 0 Å². The van der Waals surface area contributed by atoms with E-state index in [0.717, 1.165) is 19.5 Å². The first kappa shape index (κ1) is 6.55. The molecule has 0 saturated carbocycles. The van der Waals surface area contributed by atoms with Gasteiger partial charge in [-0.25, -0.2) is 5.01 Å². The molecule has 3 heteroatoms.